The zero-order valence-electron chi connectivity index (χ0n) is 14.2. The number of methoxy groups -OCH3 is 1. The van der Waals surface area contributed by atoms with Crippen LogP contribution in [0.15, 0.2) is 60.8 Å². The van der Waals surface area contributed by atoms with Crippen LogP contribution in [-0.2, 0) is 0 Å². The van der Waals surface area contributed by atoms with Crippen molar-refractivity contribution < 1.29 is 4.74 Å². The molecular weight excluding hydrogens is 324 g/mol. The molecule has 2 aromatic heterocycles. The maximum atomic E-state index is 9.63. The van der Waals surface area contributed by atoms with E-state index in [1.165, 1.54) is 0 Å². The standard InChI is InChI=1S/C21H16N4O/c1-26-20-9-5-3-7-14(20)19-10-15(16(11-22)21(23)25-19)17-12-24-18-8-4-2-6-13(17)18/h2-10,12,24H,1H3,(H2,23,25). The molecule has 5 nitrogen and oxygen atoms in total. The average molecular weight is 340 g/mol. The van der Waals surface area contributed by atoms with E-state index in [1.807, 2.05) is 60.8 Å². The molecule has 4 aromatic rings. The Balaban J connectivity index is 2.01. The zero-order valence-corrected chi connectivity index (χ0v) is 14.2. The Morgan fingerprint density at radius 1 is 1.04 bits per heavy atom. The number of hydrogen-bond acceptors (Lipinski definition) is 4. The lowest BCUT2D eigenvalue weighted by atomic mass is 9.98. The molecule has 0 fully saturated rings. The van der Waals surface area contributed by atoms with Crippen LogP contribution in [0.4, 0.5) is 5.82 Å². The van der Waals surface area contributed by atoms with E-state index in [0.717, 1.165) is 27.6 Å². The summed E-state index contributed by atoms with van der Waals surface area (Å²) in [6.45, 7) is 0. The van der Waals surface area contributed by atoms with E-state index >= 15 is 0 Å². The van der Waals surface area contributed by atoms with Gasteiger partial charge in [0.1, 0.15) is 23.2 Å². The lowest BCUT2D eigenvalue weighted by molar-refractivity contribution is 0.416. The summed E-state index contributed by atoms with van der Waals surface area (Å²) in [5.74, 6) is 0.908. The Morgan fingerprint density at radius 3 is 2.62 bits per heavy atom. The van der Waals surface area contributed by atoms with Crippen molar-refractivity contribution in [1.82, 2.24) is 9.97 Å². The second-order valence-corrected chi connectivity index (χ2v) is 5.88. The highest BCUT2D eigenvalue weighted by molar-refractivity contribution is 5.98. The van der Waals surface area contributed by atoms with Gasteiger partial charge in [-0.15, -0.1) is 0 Å². The van der Waals surface area contributed by atoms with Crippen LogP contribution < -0.4 is 10.5 Å². The van der Waals surface area contributed by atoms with Gasteiger partial charge in [-0.25, -0.2) is 4.98 Å². The van der Waals surface area contributed by atoms with E-state index in [9.17, 15) is 5.26 Å². The predicted molar refractivity (Wildman–Crippen MR) is 103 cm³/mol. The molecule has 0 bridgehead atoms. The van der Waals surface area contributed by atoms with Crippen LogP contribution in [0, 0.1) is 11.3 Å². The van der Waals surface area contributed by atoms with Gasteiger partial charge in [0.2, 0.25) is 0 Å². The minimum absolute atomic E-state index is 0.205. The summed E-state index contributed by atoms with van der Waals surface area (Å²) >= 11 is 0. The number of nitrogen functional groups attached to an aromatic ring is 1. The topological polar surface area (TPSA) is 87.7 Å². The van der Waals surface area contributed by atoms with Gasteiger partial charge in [0, 0.05) is 33.8 Å². The number of hydrogen-bond donors (Lipinski definition) is 2. The molecule has 5 heteroatoms. The fourth-order valence-corrected chi connectivity index (χ4v) is 3.18. The van der Waals surface area contributed by atoms with Crippen molar-refractivity contribution in [2.75, 3.05) is 12.8 Å². The molecule has 2 heterocycles. The van der Waals surface area contributed by atoms with Crippen molar-refractivity contribution in [3.05, 3.63) is 66.4 Å². The summed E-state index contributed by atoms with van der Waals surface area (Å²) in [7, 11) is 1.62. The van der Waals surface area contributed by atoms with Crippen LogP contribution >= 0.6 is 0 Å². The molecule has 0 aliphatic carbocycles. The molecule has 0 aliphatic heterocycles. The van der Waals surface area contributed by atoms with Crippen LogP contribution in [-0.4, -0.2) is 17.1 Å². The van der Waals surface area contributed by atoms with E-state index in [0.29, 0.717) is 17.0 Å². The maximum absolute atomic E-state index is 9.63. The molecule has 0 saturated carbocycles. The number of nitrogens with zero attached hydrogens (tertiary/aromatic N) is 2. The fraction of sp³-hybridized carbons (Fsp3) is 0.0476. The van der Waals surface area contributed by atoms with Crippen LogP contribution in [0.1, 0.15) is 5.56 Å². The highest BCUT2D eigenvalue weighted by atomic mass is 16.5. The first-order valence-corrected chi connectivity index (χ1v) is 8.13. The minimum atomic E-state index is 0.205. The van der Waals surface area contributed by atoms with Gasteiger partial charge >= 0.3 is 0 Å². The summed E-state index contributed by atoms with van der Waals surface area (Å²) in [4.78, 5) is 7.68. The van der Waals surface area contributed by atoms with Crippen molar-refractivity contribution in [2.45, 2.75) is 0 Å². The number of fused-ring (bicyclic) bond motifs is 1. The molecule has 3 N–H and O–H groups in total. The number of para-hydroxylation sites is 2. The Morgan fingerprint density at radius 2 is 1.81 bits per heavy atom. The molecule has 0 amide bonds. The Hall–Kier alpha value is -3.78. The van der Waals surface area contributed by atoms with E-state index in [4.69, 9.17) is 10.5 Å². The number of H-pyrrole nitrogens is 1. The number of anilines is 1. The van der Waals surface area contributed by atoms with Crippen molar-refractivity contribution in [3.8, 4) is 34.2 Å². The molecule has 0 unspecified atom stereocenters. The number of nitriles is 1. The zero-order chi connectivity index (χ0) is 18.1. The molecule has 2 aromatic carbocycles. The minimum Gasteiger partial charge on any atom is -0.496 e. The third-order valence-corrected chi connectivity index (χ3v) is 4.42. The first-order valence-electron chi connectivity index (χ1n) is 8.13. The molecule has 0 atom stereocenters. The van der Waals surface area contributed by atoms with Gasteiger partial charge < -0.3 is 15.5 Å². The van der Waals surface area contributed by atoms with Crippen molar-refractivity contribution in [2.24, 2.45) is 0 Å². The molecule has 0 aliphatic rings. The number of aromatic amines is 1. The normalized spacial score (nSPS) is 10.6. The molecule has 0 saturated heterocycles. The monoisotopic (exact) mass is 340 g/mol. The second kappa shape index (κ2) is 6.26. The van der Waals surface area contributed by atoms with Crippen LogP contribution in [0.25, 0.3) is 33.3 Å². The fourth-order valence-electron chi connectivity index (χ4n) is 3.18. The summed E-state index contributed by atoms with van der Waals surface area (Å²) in [5.41, 5.74) is 10.7. The van der Waals surface area contributed by atoms with E-state index < -0.39 is 0 Å². The molecule has 0 radical (unpaired) electrons. The number of pyridine rings is 1. The van der Waals surface area contributed by atoms with Gasteiger partial charge in [-0.2, -0.15) is 5.26 Å². The smallest absolute Gasteiger partial charge is 0.142 e. The summed E-state index contributed by atoms with van der Waals surface area (Å²) in [5, 5.41) is 10.7. The molecule has 0 spiro atoms. The first kappa shape index (κ1) is 15.7. The predicted octanol–water partition coefficient (Wildman–Crippen LogP) is 4.36. The summed E-state index contributed by atoms with van der Waals surface area (Å²) < 4.78 is 5.45. The molecule has 4 rings (SSSR count). The largest absolute Gasteiger partial charge is 0.496 e. The maximum Gasteiger partial charge on any atom is 0.142 e. The molecular formula is C21H16N4O. The van der Waals surface area contributed by atoms with Gasteiger partial charge in [-0.1, -0.05) is 30.3 Å². The Labute approximate surface area is 150 Å². The molecule has 126 valence electrons. The number of benzene rings is 2. The second-order valence-electron chi connectivity index (χ2n) is 5.88. The number of aromatic nitrogens is 2. The number of rotatable bonds is 3. The number of ether oxygens (including phenoxy) is 1. The Kier molecular flexibility index (Phi) is 3.79. The van der Waals surface area contributed by atoms with Gasteiger partial charge in [0.15, 0.2) is 0 Å². The lowest BCUT2D eigenvalue weighted by Crippen LogP contribution is -2.00. The summed E-state index contributed by atoms with van der Waals surface area (Å²) in [6, 6.07) is 19.6. The van der Waals surface area contributed by atoms with Crippen LogP contribution in [0.2, 0.25) is 0 Å². The van der Waals surface area contributed by atoms with Crippen molar-refractivity contribution in [3.63, 3.8) is 0 Å². The quantitative estimate of drug-likeness (QED) is 0.580. The van der Waals surface area contributed by atoms with Gasteiger partial charge in [-0.3, -0.25) is 0 Å². The third-order valence-electron chi connectivity index (χ3n) is 4.42. The third kappa shape index (κ3) is 2.45. The van der Waals surface area contributed by atoms with Gasteiger partial charge in [-0.05, 0) is 24.3 Å². The highest BCUT2D eigenvalue weighted by Gasteiger charge is 2.17. The molecule has 26 heavy (non-hydrogen) atoms. The van der Waals surface area contributed by atoms with Gasteiger partial charge in [0.25, 0.3) is 0 Å². The van der Waals surface area contributed by atoms with E-state index in [1.54, 1.807) is 7.11 Å². The van der Waals surface area contributed by atoms with Crippen molar-refractivity contribution >= 4 is 16.7 Å². The lowest BCUT2D eigenvalue weighted by Gasteiger charge is -2.12. The number of nitrogens with two attached hydrogens (primary N) is 1. The SMILES string of the molecule is COc1ccccc1-c1cc(-c2c[nH]c3ccccc23)c(C#N)c(N)n1. The van der Waals surface area contributed by atoms with Crippen LogP contribution in [0.5, 0.6) is 5.75 Å². The van der Waals surface area contributed by atoms with E-state index in [2.05, 4.69) is 16.0 Å². The highest BCUT2D eigenvalue weighted by Crippen LogP contribution is 2.37. The average Bonchev–Trinajstić information content (AvgIpc) is 3.11. The van der Waals surface area contributed by atoms with Crippen LogP contribution in [0.3, 0.4) is 0 Å². The summed E-state index contributed by atoms with van der Waals surface area (Å²) in [6.07, 6.45) is 1.90. The van der Waals surface area contributed by atoms with Gasteiger partial charge in [0.05, 0.1) is 12.8 Å². The van der Waals surface area contributed by atoms with Crippen molar-refractivity contribution in [1.29, 1.82) is 5.26 Å². The van der Waals surface area contributed by atoms with E-state index in [-0.39, 0.29) is 5.82 Å². The Bertz CT molecular complexity index is 1150. The number of nitrogens with one attached hydrogen (secondary N) is 1. The first-order chi connectivity index (χ1) is 12.7.